The largest absolute Gasteiger partial charge is 0.494 e. The minimum Gasteiger partial charge on any atom is -0.494 e. The van der Waals surface area contributed by atoms with Crippen molar-refractivity contribution >= 4 is 0 Å². The molecule has 0 heterocycles. The molecule has 0 aliphatic rings. The van der Waals surface area contributed by atoms with E-state index in [1.165, 1.54) is 5.56 Å². The molecule has 0 aromatic heterocycles. The van der Waals surface area contributed by atoms with E-state index in [2.05, 4.69) is 38.2 Å². The van der Waals surface area contributed by atoms with Gasteiger partial charge in [0.2, 0.25) is 0 Å². The lowest BCUT2D eigenvalue weighted by atomic mass is 10.1. The van der Waals surface area contributed by atoms with Gasteiger partial charge in [0.25, 0.3) is 0 Å². The quantitative estimate of drug-likeness (QED) is 0.797. The standard InChI is InChI=1S/C14H23NO/c1-5-16-14-8-6-13(7-9-14)10-12(4)15-11(2)3/h6-9,11-12,15H,5,10H2,1-4H3/t12-/m1/s1. The van der Waals surface area contributed by atoms with Gasteiger partial charge in [-0.2, -0.15) is 0 Å². The van der Waals surface area contributed by atoms with E-state index < -0.39 is 0 Å². The number of nitrogens with one attached hydrogen (secondary N) is 1. The highest BCUT2D eigenvalue weighted by Crippen LogP contribution is 2.13. The fraction of sp³-hybridized carbons (Fsp3) is 0.571. The molecular weight excluding hydrogens is 198 g/mol. The number of rotatable bonds is 6. The minimum absolute atomic E-state index is 0.512. The molecule has 0 amide bonds. The zero-order chi connectivity index (χ0) is 12.0. The van der Waals surface area contributed by atoms with Crippen molar-refractivity contribution in [3.05, 3.63) is 29.8 Å². The molecule has 16 heavy (non-hydrogen) atoms. The highest BCUT2D eigenvalue weighted by molar-refractivity contribution is 5.27. The highest BCUT2D eigenvalue weighted by Gasteiger charge is 2.04. The summed E-state index contributed by atoms with van der Waals surface area (Å²) in [6, 6.07) is 9.42. The molecule has 2 nitrogen and oxygen atoms in total. The van der Waals surface area contributed by atoms with E-state index in [0.717, 1.165) is 18.8 Å². The first-order chi connectivity index (χ1) is 7.61. The summed E-state index contributed by atoms with van der Waals surface area (Å²) < 4.78 is 5.41. The Morgan fingerprint density at radius 2 is 1.75 bits per heavy atom. The molecule has 0 fully saturated rings. The Balaban J connectivity index is 2.48. The van der Waals surface area contributed by atoms with Crippen LogP contribution < -0.4 is 10.1 Å². The van der Waals surface area contributed by atoms with E-state index in [9.17, 15) is 0 Å². The third-order valence-electron chi connectivity index (χ3n) is 2.39. The summed E-state index contributed by atoms with van der Waals surface area (Å²) in [4.78, 5) is 0. The second kappa shape index (κ2) is 6.54. The molecule has 0 unspecified atom stereocenters. The monoisotopic (exact) mass is 221 g/mol. The van der Waals surface area contributed by atoms with Gasteiger partial charge in [-0.15, -0.1) is 0 Å². The Bertz CT molecular complexity index is 292. The van der Waals surface area contributed by atoms with E-state index >= 15 is 0 Å². The van der Waals surface area contributed by atoms with Crippen LogP contribution in [0.2, 0.25) is 0 Å². The molecule has 1 aromatic rings. The van der Waals surface area contributed by atoms with E-state index in [-0.39, 0.29) is 0 Å². The van der Waals surface area contributed by atoms with Crippen LogP contribution in [-0.4, -0.2) is 18.7 Å². The first-order valence-corrected chi connectivity index (χ1v) is 6.09. The molecule has 0 aliphatic heterocycles. The summed E-state index contributed by atoms with van der Waals surface area (Å²) in [5.74, 6) is 0.954. The normalized spacial score (nSPS) is 12.8. The lowest BCUT2D eigenvalue weighted by molar-refractivity contribution is 0.340. The molecule has 0 saturated heterocycles. The van der Waals surface area contributed by atoms with Gasteiger partial charge >= 0.3 is 0 Å². The van der Waals surface area contributed by atoms with Crippen molar-refractivity contribution in [1.82, 2.24) is 5.32 Å². The van der Waals surface area contributed by atoms with Gasteiger partial charge in [-0.3, -0.25) is 0 Å². The summed E-state index contributed by atoms with van der Waals surface area (Å²) in [6.45, 7) is 9.30. The zero-order valence-corrected chi connectivity index (χ0v) is 10.8. The molecule has 0 spiro atoms. The molecule has 0 saturated carbocycles. The van der Waals surface area contributed by atoms with Gasteiger partial charge in [0.15, 0.2) is 0 Å². The van der Waals surface area contributed by atoms with Crippen LogP contribution in [0, 0.1) is 0 Å². The lowest BCUT2D eigenvalue weighted by Gasteiger charge is -2.16. The van der Waals surface area contributed by atoms with Crippen molar-refractivity contribution in [2.24, 2.45) is 0 Å². The maximum Gasteiger partial charge on any atom is 0.119 e. The number of hydrogen-bond acceptors (Lipinski definition) is 2. The Kier molecular flexibility index (Phi) is 5.33. The second-order valence-corrected chi connectivity index (χ2v) is 4.50. The Hall–Kier alpha value is -1.02. The van der Waals surface area contributed by atoms with E-state index in [0.29, 0.717) is 12.1 Å². The van der Waals surface area contributed by atoms with E-state index in [1.807, 2.05) is 19.1 Å². The van der Waals surface area contributed by atoms with E-state index in [1.54, 1.807) is 0 Å². The lowest BCUT2D eigenvalue weighted by Crippen LogP contribution is -2.33. The smallest absolute Gasteiger partial charge is 0.119 e. The average Bonchev–Trinajstić information content (AvgIpc) is 2.20. The highest BCUT2D eigenvalue weighted by atomic mass is 16.5. The molecule has 0 aliphatic carbocycles. The van der Waals surface area contributed by atoms with Gasteiger partial charge in [-0.25, -0.2) is 0 Å². The molecule has 0 radical (unpaired) electrons. The van der Waals surface area contributed by atoms with Crippen LogP contribution in [0.15, 0.2) is 24.3 Å². The maximum atomic E-state index is 5.41. The fourth-order valence-electron chi connectivity index (χ4n) is 1.87. The summed E-state index contributed by atoms with van der Waals surface area (Å²) in [5.41, 5.74) is 1.35. The molecule has 2 heteroatoms. The predicted molar refractivity (Wildman–Crippen MR) is 69.0 cm³/mol. The summed E-state index contributed by atoms with van der Waals surface area (Å²) >= 11 is 0. The van der Waals surface area contributed by atoms with Crippen LogP contribution >= 0.6 is 0 Å². The minimum atomic E-state index is 0.512. The Labute approximate surface area is 99.0 Å². The number of ether oxygens (including phenoxy) is 1. The van der Waals surface area contributed by atoms with Crippen molar-refractivity contribution in [3.8, 4) is 5.75 Å². The van der Waals surface area contributed by atoms with Crippen LogP contribution in [-0.2, 0) is 6.42 Å². The van der Waals surface area contributed by atoms with Crippen LogP contribution in [0.4, 0.5) is 0 Å². The molecule has 90 valence electrons. The Morgan fingerprint density at radius 3 is 2.25 bits per heavy atom. The third kappa shape index (κ3) is 4.67. The van der Waals surface area contributed by atoms with Crippen LogP contribution in [0.5, 0.6) is 5.75 Å². The molecule has 1 rings (SSSR count). The van der Waals surface area contributed by atoms with Crippen molar-refractivity contribution < 1.29 is 4.74 Å². The van der Waals surface area contributed by atoms with E-state index in [4.69, 9.17) is 4.74 Å². The average molecular weight is 221 g/mol. The van der Waals surface area contributed by atoms with Crippen LogP contribution in [0.1, 0.15) is 33.3 Å². The maximum absolute atomic E-state index is 5.41. The predicted octanol–water partition coefficient (Wildman–Crippen LogP) is 3.01. The van der Waals surface area contributed by atoms with Crippen LogP contribution in [0.25, 0.3) is 0 Å². The Morgan fingerprint density at radius 1 is 1.12 bits per heavy atom. The summed E-state index contributed by atoms with van der Waals surface area (Å²) in [6.07, 6.45) is 1.06. The molecule has 1 N–H and O–H groups in total. The number of hydrogen-bond donors (Lipinski definition) is 1. The van der Waals surface area contributed by atoms with Crippen molar-refractivity contribution in [2.75, 3.05) is 6.61 Å². The van der Waals surface area contributed by atoms with Crippen molar-refractivity contribution in [1.29, 1.82) is 0 Å². The molecular formula is C14H23NO. The third-order valence-corrected chi connectivity index (χ3v) is 2.39. The van der Waals surface area contributed by atoms with Gasteiger partial charge in [0.05, 0.1) is 6.61 Å². The second-order valence-electron chi connectivity index (χ2n) is 4.50. The topological polar surface area (TPSA) is 21.3 Å². The zero-order valence-electron chi connectivity index (χ0n) is 10.8. The van der Waals surface area contributed by atoms with Gasteiger partial charge < -0.3 is 10.1 Å². The van der Waals surface area contributed by atoms with Crippen molar-refractivity contribution in [2.45, 2.75) is 46.2 Å². The first kappa shape index (κ1) is 13.0. The number of benzene rings is 1. The molecule has 1 atom stereocenters. The van der Waals surface area contributed by atoms with Gasteiger partial charge in [-0.05, 0) is 38.0 Å². The van der Waals surface area contributed by atoms with Crippen LogP contribution in [0.3, 0.4) is 0 Å². The fourth-order valence-corrected chi connectivity index (χ4v) is 1.87. The van der Waals surface area contributed by atoms with Gasteiger partial charge in [-0.1, -0.05) is 26.0 Å². The van der Waals surface area contributed by atoms with Crippen molar-refractivity contribution in [3.63, 3.8) is 0 Å². The molecule has 0 bridgehead atoms. The van der Waals surface area contributed by atoms with Gasteiger partial charge in [0, 0.05) is 12.1 Å². The first-order valence-electron chi connectivity index (χ1n) is 6.09. The summed E-state index contributed by atoms with van der Waals surface area (Å²) in [7, 11) is 0. The van der Waals surface area contributed by atoms with Gasteiger partial charge in [0.1, 0.15) is 5.75 Å². The molecule has 1 aromatic carbocycles. The SMILES string of the molecule is CCOc1ccc(C[C@@H](C)NC(C)C)cc1. The summed E-state index contributed by atoms with van der Waals surface area (Å²) in [5, 5.41) is 3.50.